The van der Waals surface area contributed by atoms with Crippen LogP contribution in [0, 0.1) is 0 Å². The molecule has 2 rings (SSSR count). The molecule has 13 heavy (non-hydrogen) atoms. The van der Waals surface area contributed by atoms with E-state index in [0.29, 0.717) is 5.82 Å². The Labute approximate surface area is 92.4 Å². The largest absolute Gasteiger partial charge is 0.318 e. The van der Waals surface area contributed by atoms with Gasteiger partial charge >= 0.3 is 5.56 Å². The van der Waals surface area contributed by atoms with Crippen LogP contribution in [0.3, 0.4) is 0 Å². The Morgan fingerprint density at radius 3 is 3.23 bits per heavy atom. The van der Waals surface area contributed by atoms with Crippen molar-refractivity contribution in [3.8, 4) is 0 Å². The SMILES string of the molecule is Nc1cc(=O)[nH]c2[n+]1/C(=C/I)CS2. The number of hydrogen-bond acceptors (Lipinski definition) is 3. The van der Waals surface area contributed by atoms with Crippen molar-refractivity contribution in [1.29, 1.82) is 0 Å². The minimum Gasteiger partial charge on any atom is -0.318 e. The summed E-state index contributed by atoms with van der Waals surface area (Å²) in [6.07, 6.45) is 0. The van der Waals surface area contributed by atoms with Crippen molar-refractivity contribution in [3.63, 3.8) is 0 Å². The molecule has 68 valence electrons. The van der Waals surface area contributed by atoms with Gasteiger partial charge < -0.3 is 5.73 Å². The standard InChI is InChI=1S/C7H6IN3OS/c8-2-4-3-13-7-10-6(12)1-5(9)11(4)7/h1-2H,3H2,(H2,9,12)/p+1/b4-2+. The molecule has 0 unspecified atom stereocenters. The predicted molar refractivity (Wildman–Crippen MR) is 60.7 cm³/mol. The highest BCUT2D eigenvalue weighted by molar-refractivity contribution is 14.1. The average Bonchev–Trinajstić information content (AvgIpc) is 2.47. The summed E-state index contributed by atoms with van der Waals surface area (Å²) >= 11 is 3.75. The molecule has 0 saturated carbocycles. The van der Waals surface area contributed by atoms with Crippen molar-refractivity contribution in [1.82, 2.24) is 4.98 Å². The zero-order valence-corrected chi connectivity index (χ0v) is 9.55. The van der Waals surface area contributed by atoms with Crippen LogP contribution in [0.2, 0.25) is 0 Å². The minimum atomic E-state index is -0.147. The van der Waals surface area contributed by atoms with Crippen molar-refractivity contribution in [2.45, 2.75) is 5.16 Å². The molecule has 0 bridgehead atoms. The van der Waals surface area contributed by atoms with Crippen LogP contribution in [0.4, 0.5) is 5.82 Å². The van der Waals surface area contributed by atoms with E-state index >= 15 is 0 Å². The molecule has 0 saturated heterocycles. The highest BCUT2D eigenvalue weighted by Gasteiger charge is 2.24. The van der Waals surface area contributed by atoms with Crippen LogP contribution in [0.1, 0.15) is 0 Å². The van der Waals surface area contributed by atoms with Gasteiger partial charge in [0, 0.05) is 4.08 Å². The number of rotatable bonds is 0. The number of nitrogens with one attached hydrogen (secondary N) is 1. The first-order valence-corrected chi connectivity index (χ1v) is 5.83. The van der Waals surface area contributed by atoms with Crippen LogP contribution < -0.4 is 15.9 Å². The lowest BCUT2D eigenvalue weighted by atomic mass is 10.5. The molecule has 4 nitrogen and oxygen atoms in total. The number of aromatic amines is 1. The summed E-state index contributed by atoms with van der Waals surface area (Å²) in [5, 5.41) is 0.813. The Bertz CT molecular complexity index is 440. The zero-order valence-electron chi connectivity index (χ0n) is 6.58. The van der Waals surface area contributed by atoms with Crippen LogP contribution in [0.15, 0.2) is 20.1 Å². The number of halogens is 1. The second-order valence-corrected chi connectivity index (χ2v) is 4.18. The Hall–Kier alpha value is -0.500. The molecule has 0 atom stereocenters. The summed E-state index contributed by atoms with van der Waals surface area (Å²) in [5.74, 6) is 1.35. The second kappa shape index (κ2) is 3.33. The molecule has 0 radical (unpaired) electrons. The van der Waals surface area contributed by atoms with Gasteiger partial charge in [0.1, 0.15) is 5.70 Å². The first-order chi connectivity index (χ1) is 6.22. The lowest BCUT2D eigenvalue weighted by Gasteiger charge is -1.99. The summed E-state index contributed by atoms with van der Waals surface area (Å²) in [7, 11) is 0. The van der Waals surface area contributed by atoms with E-state index in [0.717, 1.165) is 16.6 Å². The first kappa shape index (κ1) is 9.07. The van der Waals surface area contributed by atoms with E-state index in [2.05, 4.69) is 27.6 Å². The van der Waals surface area contributed by atoms with Crippen LogP contribution >= 0.6 is 34.4 Å². The number of nitrogens with zero attached hydrogens (tertiary/aromatic N) is 1. The summed E-state index contributed by atoms with van der Waals surface area (Å²) in [6, 6.07) is 1.40. The Balaban J connectivity index is 2.72. The lowest BCUT2D eigenvalue weighted by Crippen LogP contribution is -2.38. The third-order valence-corrected chi connectivity index (χ3v) is 3.46. The van der Waals surface area contributed by atoms with Gasteiger partial charge in [-0.05, 0) is 34.4 Å². The monoisotopic (exact) mass is 308 g/mol. The Kier molecular flexibility index (Phi) is 2.33. The van der Waals surface area contributed by atoms with E-state index in [-0.39, 0.29) is 5.56 Å². The molecule has 1 aliphatic heterocycles. The molecular weight excluding hydrogens is 301 g/mol. The van der Waals surface area contributed by atoms with Crippen molar-refractivity contribution in [2.75, 3.05) is 11.5 Å². The fourth-order valence-corrected chi connectivity index (χ4v) is 3.02. The first-order valence-electron chi connectivity index (χ1n) is 3.59. The number of fused-ring (bicyclic) bond motifs is 1. The summed E-state index contributed by atoms with van der Waals surface area (Å²) in [6.45, 7) is 0. The van der Waals surface area contributed by atoms with E-state index < -0.39 is 0 Å². The molecule has 0 spiro atoms. The zero-order chi connectivity index (χ0) is 9.42. The van der Waals surface area contributed by atoms with Gasteiger partial charge in [-0.3, -0.25) is 4.79 Å². The maximum Gasteiger partial charge on any atom is 0.311 e. The molecule has 0 amide bonds. The quantitative estimate of drug-likeness (QED) is 0.419. The topological polar surface area (TPSA) is 62.8 Å². The molecule has 1 aliphatic rings. The number of aromatic nitrogens is 2. The van der Waals surface area contributed by atoms with Crippen LogP contribution in [0.25, 0.3) is 5.70 Å². The van der Waals surface area contributed by atoms with Gasteiger partial charge in [-0.25, -0.2) is 4.98 Å². The molecule has 1 aromatic heterocycles. The van der Waals surface area contributed by atoms with E-state index in [1.807, 2.05) is 8.65 Å². The fourth-order valence-electron chi connectivity index (χ4n) is 1.20. The smallest absolute Gasteiger partial charge is 0.311 e. The summed E-state index contributed by atoms with van der Waals surface area (Å²) < 4.78 is 3.83. The van der Waals surface area contributed by atoms with Gasteiger partial charge in [-0.15, -0.1) is 0 Å². The third kappa shape index (κ3) is 1.48. The molecule has 2 heterocycles. The van der Waals surface area contributed by atoms with Crippen molar-refractivity contribution < 1.29 is 4.57 Å². The summed E-state index contributed by atoms with van der Waals surface area (Å²) in [4.78, 5) is 13.8. The fraction of sp³-hybridized carbons (Fsp3) is 0.143. The van der Waals surface area contributed by atoms with E-state index in [4.69, 9.17) is 5.73 Å². The van der Waals surface area contributed by atoms with Gasteiger partial charge in [0.15, 0.2) is 0 Å². The maximum atomic E-state index is 11.1. The van der Waals surface area contributed by atoms with Crippen molar-refractivity contribution >= 4 is 45.9 Å². The molecular formula is C7H7IN3OS+. The van der Waals surface area contributed by atoms with Gasteiger partial charge in [0.05, 0.1) is 11.8 Å². The van der Waals surface area contributed by atoms with E-state index in [1.165, 1.54) is 6.07 Å². The molecule has 0 aliphatic carbocycles. The number of nitrogen functional groups attached to an aromatic ring is 1. The minimum absolute atomic E-state index is 0.147. The number of thioether (sulfide) groups is 1. The van der Waals surface area contributed by atoms with Gasteiger partial charge in [-0.2, -0.15) is 4.57 Å². The van der Waals surface area contributed by atoms with Crippen molar-refractivity contribution in [3.05, 3.63) is 20.5 Å². The molecule has 0 aromatic carbocycles. The van der Waals surface area contributed by atoms with Gasteiger partial charge in [-0.1, -0.05) is 0 Å². The number of nitrogens with two attached hydrogens (primary N) is 1. The van der Waals surface area contributed by atoms with Crippen LogP contribution in [-0.4, -0.2) is 10.7 Å². The van der Waals surface area contributed by atoms with Crippen LogP contribution in [0.5, 0.6) is 0 Å². The molecule has 0 fully saturated rings. The van der Waals surface area contributed by atoms with E-state index in [1.54, 1.807) is 11.8 Å². The molecule has 3 N–H and O–H groups in total. The Morgan fingerprint density at radius 1 is 1.77 bits per heavy atom. The second-order valence-electron chi connectivity index (χ2n) is 2.59. The highest BCUT2D eigenvalue weighted by Crippen LogP contribution is 2.24. The lowest BCUT2D eigenvalue weighted by molar-refractivity contribution is -0.608. The van der Waals surface area contributed by atoms with E-state index in [9.17, 15) is 4.79 Å². The number of hydrogen-bond donors (Lipinski definition) is 2. The predicted octanol–water partition coefficient (Wildman–Crippen LogP) is 0.584. The normalized spacial score (nSPS) is 17.8. The van der Waals surface area contributed by atoms with Gasteiger partial charge in [0.25, 0.3) is 5.16 Å². The highest BCUT2D eigenvalue weighted by atomic mass is 127. The Morgan fingerprint density at radius 2 is 2.54 bits per heavy atom. The number of anilines is 1. The maximum absolute atomic E-state index is 11.1. The molecule has 6 heteroatoms. The van der Waals surface area contributed by atoms with Gasteiger partial charge in [0.2, 0.25) is 5.82 Å². The number of H-pyrrole nitrogens is 1. The average molecular weight is 308 g/mol. The van der Waals surface area contributed by atoms with Crippen LogP contribution in [-0.2, 0) is 0 Å². The third-order valence-electron chi connectivity index (χ3n) is 1.74. The summed E-state index contributed by atoms with van der Waals surface area (Å²) in [5.41, 5.74) is 6.68. The molecule has 1 aromatic rings. The van der Waals surface area contributed by atoms with Crippen molar-refractivity contribution in [2.24, 2.45) is 0 Å².